The predicted molar refractivity (Wildman–Crippen MR) is 74.1 cm³/mol. The van der Waals surface area contributed by atoms with E-state index >= 15 is 0 Å². The maximum atomic E-state index is 11.5. The van der Waals surface area contributed by atoms with Gasteiger partial charge in [0.2, 0.25) is 5.91 Å². The van der Waals surface area contributed by atoms with Gasteiger partial charge in [0, 0.05) is 22.5 Å². The number of benzene rings is 1. The quantitative estimate of drug-likeness (QED) is 0.791. The minimum Gasteiger partial charge on any atom is -0.396 e. The van der Waals surface area contributed by atoms with E-state index in [4.69, 9.17) is 5.11 Å². The fourth-order valence-corrected chi connectivity index (χ4v) is 2.44. The highest BCUT2D eigenvalue weighted by Crippen LogP contribution is 2.21. The van der Waals surface area contributed by atoms with Crippen LogP contribution in [-0.2, 0) is 4.79 Å². The second-order valence-electron chi connectivity index (χ2n) is 3.84. The molecule has 2 N–H and O–H groups in total. The summed E-state index contributed by atoms with van der Waals surface area (Å²) in [5, 5.41) is 11.6. The Morgan fingerprint density at radius 2 is 2.35 bits per heavy atom. The van der Waals surface area contributed by atoms with Crippen molar-refractivity contribution >= 4 is 33.6 Å². The molecule has 0 saturated heterocycles. The lowest BCUT2D eigenvalue weighted by Crippen LogP contribution is -2.30. The van der Waals surface area contributed by atoms with Crippen molar-refractivity contribution in [3.05, 3.63) is 28.7 Å². The van der Waals surface area contributed by atoms with Gasteiger partial charge in [-0.3, -0.25) is 4.79 Å². The summed E-state index contributed by atoms with van der Waals surface area (Å²) in [4.78, 5) is 12.6. The van der Waals surface area contributed by atoms with Crippen molar-refractivity contribution in [1.29, 1.82) is 0 Å². The molecule has 1 atom stereocenters. The minimum atomic E-state index is -0.00437. The first kappa shape index (κ1) is 14.5. The number of carbonyl (C=O) groups excluding carboxylic acids is 1. The van der Waals surface area contributed by atoms with Gasteiger partial charge in [0.25, 0.3) is 0 Å². The van der Waals surface area contributed by atoms with E-state index in [-0.39, 0.29) is 18.4 Å². The van der Waals surface area contributed by atoms with Crippen molar-refractivity contribution in [1.82, 2.24) is 5.32 Å². The number of rotatable bonds is 6. The maximum Gasteiger partial charge on any atom is 0.230 e. The molecule has 5 heteroatoms. The molecule has 0 aromatic heterocycles. The van der Waals surface area contributed by atoms with Crippen molar-refractivity contribution in [3.63, 3.8) is 0 Å². The zero-order chi connectivity index (χ0) is 12.7. The minimum absolute atomic E-state index is 0.00437. The van der Waals surface area contributed by atoms with Gasteiger partial charge in [-0.1, -0.05) is 28.9 Å². The third-order valence-electron chi connectivity index (χ3n) is 2.13. The normalized spacial score (nSPS) is 12.2. The van der Waals surface area contributed by atoms with Crippen molar-refractivity contribution in [2.75, 3.05) is 18.9 Å². The van der Waals surface area contributed by atoms with Gasteiger partial charge in [0.1, 0.15) is 0 Å². The monoisotopic (exact) mass is 317 g/mol. The van der Waals surface area contributed by atoms with Crippen LogP contribution in [0.1, 0.15) is 6.92 Å². The summed E-state index contributed by atoms with van der Waals surface area (Å²) in [6.45, 7) is 2.51. The van der Waals surface area contributed by atoms with E-state index in [9.17, 15) is 4.79 Å². The van der Waals surface area contributed by atoms with Crippen LogP contribution in [0.3, 0.4) is 0 Å². The Labute approximate surface area is 114 Å². The highest BCUT2D eigenvalue weighted by Gasteiger charge is 2.05. The van der Waals surface area contributed by atoms with Crippen LogP contribution in [-0.4, -0.2) is 29.9 Å². The zero-order valence-corrected chi connectivity index (χ0v) is 12.1. The third kappa shape index (κ3) is 6.10. The van der Waals surface area contributed by atoms with Gasteiger partial charge in [-0.25, -0.2) is 0 Å². The molecule has 0 fully saturated rings. The van der Waals surface area contributed by atoms with E-state index in [1.165, 1.54) is 11.8 Å². The highest BCUT2D eigenvalue weighted by molar-refractivity contribution is 9.10. The third-order valence-corrected chi connectivity index (χ3v) is 3.61. The van der Waals surface area contributed by atoms with E-state index in [0.29, 0.717) is 12.3 Å². The summed E-state index contributed by atoms with van der Waals surface area (Å²) in [6, 6.07) is 7.85. The Morgan fingerprint density at radius 1 is 1.59 bits per heavy atom. The maximum absolute atomic E-state index is 11.5. The van der Waals surface area contributed by atoms with Gasteiger partial charge in [-0.2, -0.15) is 0 Å². The Hall–Kier alpha value is -0.520. The van der Waals surface area contributed by atoms with Gasteiger partial charge in [0.05, 0.1) is 5.75 Å². The lowest BCUT2D eigenvalue weighted by atomic mass is 10.2. The second-order valence-corrected chi connectivity index (χ2v) is 5.80. The smallest absolute Gasteiger partial charge is 0.230 e. The van der Waals surface area contributed by atoms with Crippen molar-refractivity contribution in [2.24, 2.45) is 5.92 Å². The van der Waals surface area contributed by atoms with Gasteiger partial charge in [-0.05, 0) is 24.1 Å². The number of nitrogens with one attached hydrogen (secondary N) is 1. The Morgan fingerprint density at radius 3 is 3.00 bits per heavy atom. The van der Waals surface area contributed by atoms with Crippen LogP contribution in [0.25, 0.3) is 0 Å². The molecule has 0 heterocycles. The van der Waals surface area contributed by atoms with Crippen molar-refractivity contribution < 1.29 is 9.90 Å². The molecule has 0 saturated carbocycles. The molecular weight excluding hydrogens is 302 g/mol. The molecule has 0 spiro atoms. The molecule has 1 rings (SSSR count). The van der Waals surface area contributed by atoms with Crippen LogP contribution in [0.2, 0.25) is 0 Å². The first-order chi connectivity index (χ1) is 8.11. The van der Waals surface area contributed by atoms with Crippen LogP contribution in [0.4, 0.5) is 0 Å². The lowest BCUT2D eigenvalue weighted by molar-refractivity contribution is -0.118. The number of thioether (sulfide) groups is 1. The fraction of sp³-hybridized carbons (Fsp3) is 0.417. The van der Waals surface area contributed by atoms with Gasteiger partial charge >= 0.3 is 0 Å². The average Bonchev–Trinajstić information content (AvgIpc) is 2.33. The molecule has 0 aliphatic heterocycles. The van der Waals surface area contributed by atoms with Crippen molar-refractivity contribution in [3.8, 4) is 0 Å². The Kier molecular flexibility index (Phi) is 6.62. The van der Waals surface area contributed by atoms with E-state index < -0.39 is 0 Å². The molecular formula is C12H16BrNO2S. The van der Waals surface area contributed by atoms with Crippen LogP contribution in [0, 0.1) is 5.92 Å². The van der Waals surface area contributed by atoms with E-state index in [1.807, 2.05) is 31.2 Å². The second kappa shape index (κ2) is 7.74. The molecule has 0 aliphatic carbocycles. The molecule has 94 valence electrons. The summed E-state index contributed by atoms with van der Waals surface area (Å²) in [5.41, 5.74) is 0. The van der Waals surface area contributed by atoms with Gasteiger partial charge in [-0.15, -0.1) is 11.8 Å². The fourth-order valence-electron chi connectivity index (χ4n) is 1.11. The first-order valence-corrected chi connectivity index (χ1v) is 7.15. The summed E-state index contributed by atoms with van der Waals surface area (Å²) < 4.78 is 1.01. The SMILES string of the molecule is CC(CO)CNC(=O)CSc1cccc(Br)c1. The summed E-state index contributed by atoms with van der Waals surface area (Å²) >= 11 is 4.88. The van der Waals surface area contributed by atoms with Crippen LogP contribution >= 0.6 is 27.7 Å². The molecule has 3 nitrogen and oxygen atoms in total. The first-order valence-electron chi connectivity index (χ1n) is 5.37. The van der Waals surface area contributed by atoms with Crippen LogP contribution < -0.4 is 5.32 Å². The summed E-state index contributed by atoms with van der Waals surface area (Å²) in [5.74, 6) is 0.499. The Balaban J connectivity index is 2.28. The summed E-state index contributed by atoms with van der Waals surface area (Å²) in [7, 11) is 0. The molecule has 1 aromatic carbocycles. The van der Waals surface area contributed by atoms with Crippen LogP contribution in [0.15, 0.2) is 33.6 Å². The van der Waals surface area contributed by atoms with E-state index in [2.05, 4.69) is 21.2 Å². The molecule has 1 unspecified atom stereocenters. The van der Waals surface area contributed by atoms with Crippen molar-refractivity contribution in [2.45, 2.75) is 11.8 Å². The number of aliphatic hydroxyl groups excluding tert-OH is 1. The summed E-state index contributed by atoms with van der Waals surface area (Å²) in [6.07, 6.45) is 0. The molecule has 0 bridgehead atoms. The lowest BCUT2D eigenvalue weighted by Gasteiger charge is -2.09. The average molecular weight is 318 g/mol. The number of carbonyl (C=O) groups is 1. The number of amides is 1. The molecule has 17 heavy (non-hydrogen) atoms. The standard InChI is InChI=1S/C12H16BrNO2S/c1-9(7-15)6-14-12(16)8-17-11-4-2-3-10(13)5-11/h2-5,9,15H,6-8H2,1H3,(H,14,16). The zero-order valence-electron chi connectivity index (χ0n) is 9.65. The Bertz CT molecular complexity index is 373. The van der Waals surface area contributed by atoms with Gasteiger partial charge < -0.3 is 10.4 Å². The van der Waals surface area contributed by atoms with Crippen LogP contribution in [0.5, 0.6) is 0 Å². The molecule has 0 radical (unpaired) electrons. The topological polar surface area (TPSA) is 49.3 Å². The number of hydrogen-bond acceptors (Lipinski definition) is 3. The van der Waals surface area contributed by atoms with E-state index in [0.717, 1.165) is 9.37 Å². The molecule has 1 amide bonds. The van der Waals surface area contributed by atoms with E-state index in [1.54, 1.807) is 0 Å². The molecule has 0 aliphatic rings. The number of halogens is 1. The highest BCUT2D eigenvalue weighted by atomic mass is 79.9. The number of aliphatic hydroxyl groups is 1. The number of hydrogen-bond donors (Lipinski definition) is 2. The largest absolute Gasteiger partial charge is 0.396 e. The molecule has 1 aromatic rings. The predicted octanol–water partition coefficient (Wildman–Crippen LogP) is 2.29. The van der Waals surface area contributed by atoms with Gasteiger partial charge in [0.15, 0.2) is 0 Å².